The number of carbonyl (C=O) groups excluding carboxylic acids is 1. The number of ketones is 1. The number of hydrogen-bond donors (Lipinski definition) is 0. The molecule has 2 aromatic heterocycles. The molecule has 0 atom stereocenters. The maximum absolute atomic E-state index is 13.4. The summed E-state index contributed by atoms with van der Waals surface area (Å²) in [5, 5.41) is 0. The molecule has 34 heavy (non-hydrogen) atoms. The average Bonchev–Trinajstić information content (AvgIpc) is 2.83. The molecule has 2 aromatic carbocycles. The first-order valence-electron chi connectivity index (χ1n) is 9.86. The summed E-state index contributed by atoms with van der Waals surface area (Å²) in [6.07, 6.45) is -6.83. The van der Waals surface area contributed by atoms with E-state index in [0.717, 1.165) is 12.1 Å². The van der Waals surface area contributed by atoms with Gasteiger partial charge >= 0.3 is 12.4 Å². The second-order valence-corrected chi connectivity index (χ2v) is 7.28. The lowest BCUT2D eigenvalue weighted by Gasteiger charge is -2.13. The van der Waals surface area contributed by atoms with E-state index in [2.05, 4.69) is 9.97 Å². The van der Waals surface area contributed by atoms with Crippen molar-refractivity contribution in [3.05, 3.63) is 107 Å². The molecule has 0 saturated heterocycles. The highest BCUT2D eigenvalue weighted by Crippen LogP contribution is 2.38. The highest BCUT2D eigenvalue weighted by molar-refractivity contribution is 6.09. The Bertz CT molecular complexity index is 1260. The molecular formula is C25H14F6N2O. The van der Waals surface area contributed by atoms with E-state index >= 15 is 0 Å². The summed E-state index contributed by atoms with van der Waals surface area (Å²) in [6.45, 7) is 0. The largest absolute Gasteiger partial charge is 0.417 e. The van der Waals surface area contributed by atoms with Gasteiger partial charge in [0.15, 0.2) is 5.78 Å². The van der Waals surface area contributed by atoms with Crippen LogP contribution in [0.2, 0.25) is 0 Å². The van der Waals surface area contributed by atoms with Crippen molar-refractivity contribution >= 4 is 5.78 Å². The zero-order valence-corrected chi connectivity index (χ0v) is 17.2. The molecule has 0 amide bonds. The predicted octanol–water partition coefficient (Wildman–Crippen LogP) is 7.08. The Morgan fingerprint density at radius 1 is 0.588 bits per heavy atom. The molecule has 0 aliphatic carbocycles. The summed E-state index contributed by atoms with van der Waals surface area (Å²) in [5.41, 5.74) is -2.25. The topological polar surface area (TPSA) is 42.9 Å². The second-order valence-electron chi connectivity index (χ2n) is 7.28. The van der Waals surface area contributed by atoms with Crippen molar-refractivity contribution < 1.29 is 31.1 Å². The molecule has 4 aromatic rings. The molecule has 0 aliphatic rings. The number of benzene rings is 2. The summed E-state index contributed by atoms with van der Waals surface area (Å²) < 4.78 is 80.4. The smallest absolute Gasteiger partial charge is 0.289 e. The Balaban J connectivity index is 1.74. The van der Waals surface area contributed by atoms with Gasteiger partial charge in [-0.05, 0) is 36.4 Å². The molecule has 3 nitrogen and oxygen atoms in total. The van der Waals surface area contributed by atoms with E-state index in [9.17, 15) is 31.1 Å². The highest BCUT2D eigenvalue weighted by Gasteiger charge is 2.34. The molecule has 0 N–H and O–H groups in total. The monoisotopic (exact) mass is 472 g/mol. The maximum Gasteiger partial charge on any atom is 0.417 e. The minimum atomic E-state index is -4.62. The highest BCUT2D eigenvalue weighted by atomic mass is 19.4. The lowest BCUT2D eigenvalue weighted by molar-refractivity contribution is -0.137. The summed E-state index contributed by atoms with van der Waals surface area (Å²) in [5.74, 6) is -0.596. The van der Waals surface area contributed by atoms with Crippen LogP contribution in [-0.4, -0.2) is 15.8 Å². The van der Waals surface area contributed by atoms with E-state index in [4.69, 9.17) is 0 Å². The van der Waals surface area contributed by atoms with E-state index in [1.165, 1.54) is 73.1 Å². The number of rotatable bonds is 4. The van der Waals surface area contributed by atoms with Gasteiger partial charge in [-0.15, -0.1) is 0 Å². The third-order valence-electron chi connectivity index (χ3n) is 5.06. The molecule has 4 rings (SSSR count). The van der Waals surface area contributed by atoms with Gasteiger partial charge in [-0.2, -0.15) is 26.3 Å². The standard InChI is InChI=1S/C25H14F6N2O/c26-24(27,28)19-7-3-1-5-17(19)21-13-15(9-11-32-21)23(34)16-10-12-33-22(14-16)18-6-2-4-8-20(18)25(29,30)31/h1-14H. The quantitative estimate of drug-likeness (QED) is 0.236. The first kappa shape index (κ1) is 23.2. The molecule has 0 unspecified atom stereocenters. The van der Waals surface area contributed by atoms with Gasteiger partial charge in [-0.25, -0.2) is 0 Å². The van der Waals surface area contributed by atoms with Gasteiger partial charge in [-0.3, -0.25) is 14.8 Å². The van der Waals surface area contributed by atoms with E-state index < -0.39 is 29.3 Å². The van der Waals surface area contributed by atoms with Crippen LogP contribution in [-0.2, 0) is 12.4 Å². The van der Waals surface area contributed by atoms with Crippen molar-refractivity contribution in [1.29, 1.82) is 0 Å². The Morgan fingerprint density at radius 2 is 0.971 bits per heavy atom. The number of pyridine rings is 2. The third kappa shape index (κ3) is 4.68. The fourth-order valence-electron chi connectivity index (χ4n) is 3.51. The van der Waals surface area contributed by atoms with Gasteiger partial charge in [0.1, 0.15) is 0 Å². The fraction of sp³-hybridized carbons (Fsp3) is 0.0800. The Morgan fingerprint density at radius 3 is 1.35 bits per heavy atom. The molecule has 9 heteroatoms. The van der Waals surface area contributed by atoms with E-state index in [0.29, 0.717) is 0 Å². The number of carbonyl (C=O) groups is 1. The number of alkyl halides is 6. The van der Waals surface area contributed by atoms with Crippen LogP contribution in [0.4, 0.5) is 26.3 Å². The predicted molar refractivity (Wildman–Crippen MR) is 113 cm³/mol. The van der Waals surface area contributed by atoms with Crippen LogP contribution in [0.15, 0.2) is 85.2 Å². The van der Waals surface area contributed by atoms with Crippen LogP contribution in [0, 0.1) is 0 Å². The molecule has 0 fully saturated rings. The molecule has 0 saturated carbocycles. The van der Waals surface area contributed by atoms with Crippen molar-refractivity contribution in [1.82, 2.24) is 9.97 Å². The average molecular weight is 472 g/mol. The van der Waals surface area contributed by atoms with Gasteiger partial charge in [0.25, 0.3) is 0 Å². The van der Waals surface area contributed by atoms with Gasteiger partial charge < -0.3 is 0 Å². The zero-order valence-electron chi connectivity index (χ0n) is 17.2. The normalized spacial score (nSPS) is 11.9. The number of hydrogen-bond acceptors (Lipinski definition) is 3. The van der Waals surface area contributed by atoms with Crippen molar-refractivity contribution in [2.75, 3.05) is 0 Å². The van der Waals surface area contributed by atoms with Crippen LogP contribution >= 0.6 is 0 Å². The summed E-state index contributed by atoms with van der Waals surface area (Å²) in [6, 6.07) is 14.8. The SMILES string of the molecule is O=C(c1ccnc(-c2ccccc2C(F)(F)F)c1)c1ccnc(-c2ccccc2C(F)(F)F)c1. The molecule has 0 aliphatic heterocycles. The van der Waals surface area contributed by atoms with Crippen molar-refractivity contribution in [3.8, 4) is 22.5 Å². The van der Waals surface area contributed by atoms with Crippen LogP contribution in [0.25, 0.3) is 22.5 Å². The van der Waals surface area contributed by atoms with Crippen molar-refractivity contribution in [2.45, 2.75) is 12.4 Å². The van der Waals surface area contributed by atoms with Gasteiger partial charge in [-0.1, -0.05) is 36.4 Å². The van der Waals surface area contributed by atoms with Crippen LogP contribution in [0.1, 0.15) is 27.0 Å². The summed E-state index contributed by atoms with van der Waals surface area (Å²) in [7, 11) is 0. The van der Waals surface area contributed by atoms with Crippen LogP contribution in [0.5, 0.6) is 0 Å². The van der Waals surface area contributed by atoms with Crippen LogP contribution in [0.3, 0.4) is 0 Å². The van der Waals surface area contributed by atoms with Gasteiger partial charge in [0.2, 0.25) is 0 Å². The maximum atomic E-state index is 13.4. The van der Waals surface area contributed by atoms with Crippen molar-refractivity contribution in [2.24, 2.45) is 0 Å². The Hall–Kier alpha value is -4.01. The van der Waals surface area contributed by atoms with E-state index in [1.54, 1.807) is 0 Å². The Labute approximate surface area is 189 Å². The third-order valence-corrected chi connectivity index (χ3v) is 5.06. The molecular weight excluding hydrogens is 458 g/mol. The number of nitrogens with zero attached hydrogens (tertiary/aromatic N) is 2. The lowest BCUT2D eigenvalue weighted by Crippen LogP contribution is -2.09. The molecule has 0 bridgehead atoms. The molecule has 2 heterocycles. The molecule has 172 valence electrons. The first-order chi connectivity index (χ1) is 16.1. The van der Waals surface area contributed by atoms with E-state index in [1.807, 2.05) is 0 Å². The van der Waals surface area contributed by atoms with E-state index in [-0.39, 0.29) is 33.6 Å². The van der Waals surface area contributed by atoms with Crippen molar-refractivity contribution in [3.63, 3.8) is 0 Å². The summed E-state index contributed by atoms with van der Waals surface area (Å²) >= 11 is 0. The van der Waals surface area contributed by atoms with Gasteiger partial charge in [0, 0.05) is 34.6 Å². The molecule has 0 radical (unpaired) electrons. The number of halogens is 6. The molecule has 0 spiro atoms. The first-order valence-corrected chi connectivity index (χ1v) is 9.86. The minimum Gasteiger partial charge on any atom is -0.289 e. The second kappa shape index (κ2) is 8.74. The summed E-state index contributed by atoms with van der Waals surface area (Å²) in [4.78, 5) is 21.0. The zero-order chi connectivity index (χ0) is 24.5. The fourth-order valence-corrected chi connectivity index (χ4v) is 3.51. The minimum absolute atomic E-state index is 0.0308. The van der Waals surface area contributed by atoms with Gasteiger partial charge in [0.05, 0.1) is 22.5 Å². The number of aromatic nitrogens is 2. The lowest BCUT2D eigenvalue weighted by atomic mass is 9.97. The van der Waals surface area contributed by atoms with Crippen LogP contribution < -0.4 is 0 Å². The Kier molecular flexibility index (Phi) is 5.95.